The van der Waals surface area contributed by atoms with Crippen LogP contribution in [0.5, 0.6) is 0 Å². The standard InChI is InChI=1S/C15H20N2OS/c16-8-6-7-14-11-13(12-19-14)15(18)17-9-4-2-1-3-5-10-17/h11-12H,1-5,8-10,16H2. The Balaban J connectivity index is 2.03. The van der Waals surface area contributed by atoms with Crippen molar-refractivity contribution >= 4 is 17.2 Å². The van der Waals surface area contributed by atoms with Gasteiger partial charge in [0.25, 0.3) is 5.91 Å². The smallest absolute Gasteiger partial charge is 0.254 e. The molecule has 1 aliphatic heterocycles. The van der Waals surface area contributed by atoms with Crippen molar-refractivity contribution in [2.24, 2.45) is 5.73 Å². The normalized spacial score (nSPS) is 16.2. The van der Waals surface area contributed by atoms with Crippen LogP contribution in [-0.4, -0.2) is 30.4 Å². The lowest BCUT2D eigenvalue weighted by Gasteiger charge is -2.24. The first-order valence-corrected chi connectivity index (χ1v) is 7.76. The Morgan fingerprint density at radius 2 is 1.95 bits per heavy atom. The largest absolute Gasteiger partial charge is 0.339 e. The molecular formula is C15H20N2OS. The van der Waals surface area contributed by atoms with Crippen LogP contribution in [0.4, 0.5) is 0 Å². The Bertz CT molecular complexity index is 476. The molecule has 0 aromatic carbocycles. The van der Waals surface area contributed by atoms with E-state index in [9.17, 15) is 4.79 Å². The monoisotopic (exact) mass is 276 g/mol. The number of amides is 1. The summed E-state index contributed by atoms with van der Waals surface area (Å²) in [6, 6.07) is 1.88. The summed E-state index contributed by atoms with van der Waals surface area (Å²) >= 11 is 1.51. The van der Waals surface area contributed by atoms with Crippen LogP contribution in [0.1, 0.15) is 47.3 Å². The molecule has 0 unspecified atom stereocenters. The Morgan fingerprint density at radius 3 is 2.63 bits per heavy atom. The maximum atomic E-state index is 12.4. The molecule has 4 heteroatoms. The van der Waals surface area contributed by atoms with Gasteiger partial charge in [-0.1, -0.05) is 31.1 Å². The van der Waals surface area contributed by atoms with E-state index in [4.69, 9.17) is 5.73 Å². The van der Waals surface area contributed by atoms with Crippen molar-refractivity contribution < 1.29 is 4.79 Å². The van der Waals surface area contributed by atoms with Crippen LogP contribution in [0.2, 0.25) is 0 Å². The molecule has 19 heavy (non-hydrogen) atoms. The minimum atomic E-state index is 0.152. The Morgan fingerprint density at radius 1 is 1.26 bits per heavy atom. The van der Waals surface area contributed by atoms with Gasteiger partial charge in [0.2, 0.25) is 0 Å². The third-order valence-corrected chi connectivity index (χ3v) is 4.15. The van der Waals surface area contributed by atoms with Crippen molar-refractivity contribution in [2.45, 2.75) is 32.1 Å². The first-order valence-electron chi connectivity index (χ1n) is 6.88. The lowest BCUT2D eigenvalue weighted by Crippen LogP contribution is -2.33. The van der Waals surface area contributed by atoms with Gasteiger partial charge in [-0.3, -0.25) is 4.79 Å². The Hall–Kier alpha value is -1.31. The lowest BCUT2D eigenvalue weighted by atomic mass is 10.1. The number of rotatable bonds is 1. The third kappa shape index (κ3) is 4.09. The number of hydrogen-bond donors (Lipinski definition) is 1. The van der Waals surface area contributed by atoms with Gasteiger partial charge in [-0.15, -0.1) is 11.3 Å². The van der Waals surface area contributed by atoms with E-state index in [-0.39, 0.29) is 5.91 Å². The molecular weight excluding hydrogens is 256 g/mol. The minimum absolute atomic E-state index is 0.152. The van der Waals surface area contributed by atoms with Gasteiger partial charge >= 0.3 is 0 Å². The van der Waals surface area contributed by atoms with E-state index in [1.54, 1.807) is 0 Å². The number of thiophene rings is 1. The molecule has 0 bridgehead atoms. The van der Waals surface area contributed by atoms with Crippen LogP contribution >= 0.6 is 11.3 Å². The topological polar surface area (TPSA) is 46.3 Å². The van der Waals surface area contributed by atoms with Crippen LogP contribution in [0, 0.1) is 11.8 Å². The lowest BCUT2D eigenvalue weighted by molar-refractivity contribution is 0.0743. The second-order valence-corrected chi connectivity index (χ2v) is 5.68. The summed E-state index contributed by atoms with van der Waals surface area (Å²) in [5, 5.41) is 1.90. The second-order valence-electron chi connectivity index (χ2n) is 4.77. The molecule has 0 aliphatic carbocycles. The average Bonchev–Trinajstić information content (AvgIpc) is 2.84. The van der Waals surface area contributed by atoms with Crippen molar-refractivity contribution in [1.29, 1.82) is 0 Å². The van der Waals surface area contributed by atoms with Crippen molar-refractivity contribution in [1.82, 2.24) is 4.90 Å². The predicted molar refractivity (Wildman–Crippen MR) is 79.2 cm³/mol. The Kier molecular flexibility index (Phi) is 5.44. The first kappa shape index (κ1) is 14.1. The second kappa shape index (κ2) is 7.32. The van der Waals surface area contributed by atoms with Crippen molar-refractivity contribution in [3.8, 4) is 11.8 Å². The van der Waals surface area contributed by atoms with Crippen molar-refractivity contribution in [3.05, 3.63) is 21.9 Å². The minimum Gasteiger partial charge on any atom is -0.339 e. The maximum absolute atomic E-state index is 12.4. The highest BCUT2D eigenvalue weighted by Crippen LogP contribution is 2.18. The molecule has 3 nitrogen and oxygen atoms in total. The highest BCUT2D eigenvalue weighted by molar-refractivity contribution is 7.10. The zero-order valence-corrected chi connectivity index (χ0v) is 12.0. The summed E-state index contributed by atoms with van der Waals surface area (Å²) in [6.07, 6.45) is 6.02. The van der Waals surface area contributed by atoms with Gasteiger partial charge in [0.1, 0.15) is 0 Å². The first-order chi connectivity index (χ1) is 9.31. The van der Waals surface area contributed by atoms with Gasteiger partial charge in [0.05, 0.1) is 17.0 Å². The maximum Gasteiger partial charge on any atom is 0.254 e. The fourth-order valence-electron chi connectivity index (χ4n) is 2.29. The van der Waals surface area contributed by atoms with Gasteiger partial charge in [0, 0.05) is 18.5 Å². The number of nitrogens with zero attached hydrogens (tertiary/aromatic N) is 1. The number of carbonyl (C=O) groups is 1. The molecule has 2 rings (SSSR count). The molecule has 1 aromatic rings. The fraction of sp³-hybridized carbons (Fsp3) is 0.533. The van der Waals surface area contributed by atoms with E-state index in [1.165, 1.54) is 30.6 Å². The third-order valence-electron chi connectivity index (χ3n) is 3.30. The van der Waals surface area contributed by atoms with Gasteiger partial charge < -0.3 is 10.6 Å². The van der Waals surface area contributed by atoms with Gasteiger partial charge in [-0.05, 0) is 18.9 Å². The Labute approximate surface area is 118 Å². The van der Waals surface area contributed by atoms with Gasteiger partial charge in [-0.2, -0.15) is 0 Å². The summed E-state index contributed by atoms with van der Waals surface area (Å²) in [7, 11) is 0. The van der Waals surface area contributed by atoms with Crippen LogP contribution in [0.3, 0.4) is 0 Å². The number of nitrogens with two attached hydrogens (primary N) is 1. The predicted octanol–water partition coefficient (Wildman–Crippen LogP) is 2.46. The molecule has 0 spiro atoms. The van der Waals surface area contributed by atoms with Crippen LogP contribution < -0.4 is 5.73 Å². The highest BCUT2D eigenvalue weighted by Gasteiger charge is 2.17. The fourth-order valence-corrected chi connectivity index (χ4v) is 3.03. The summed E-state index contributed by atoms with van der Waals surface area (Å²) in [6.45, 7) is 2.13. The molecule has 0 radical (unpaired) electrons. The van der Waals surface area contributed by atoms with E-state index in [1.807, 2.05) is 16.3 Å². The molecule has 1 aliphatic rings. The van der Waals surface area contributed by atoms with Gasteiger partial charge in [-0.25, -0.2) is 0 Å². The molecule has 1 amide bonds. The number of hydrogen-bond acceptors (Lipinski definition) is 3. The van der Waals surface area contributed by atoms with E-state index in [2.05, 4.69) is 11.8 Å². The molecule has 102 valence electrons. The molecule has 0 atom stereocenters. The van der Waals surface area contributed by atoms with Crippen molar-refractivity contribution in [3.63, 3.8) is 0 Å². The summed E-state index contributed by atoms with van der Waals surface area (Å²) in [5.41, 5.74) is 6.12. The molecule has 2 heterocycles. The zero-order valence-electron chi connectivity index (χ0n) is 11.2. The quantitative estimate of drug-likeness (QED) is 0.801. The van der Waals surface area contributed by atoms with Crippen LogP contribution in [0.15, 0.2) is 11.4 Å². The van der Waals surface area contributed by atoms with Crippen LogP contribution in [0.25, 0.3) is 0 Å². The van der Waals surface area contributed by atoms with E-state index < -0.39 is 0 Å². The van der Waals surface area contributed by atoms with E-state index >= 15 is 0 Å². The van der Waals surface area contributed by atoms with Crippen molar-refractivity contribution in [2.75, 3.05) is 19.6 Å². The van der Waals surface area contributed by atoms with E-state index in [0.717, 1.165) is 36.4 Å². The zero-order chi connectivity index (χ0) is 13.5. The molecule has 1 aromatic heterocycles. The molecule has 1 fully saturated rings. The van der Waals surface area contributed by atoms with E-state index in [0.29, 0.717) is 6.54 Å². The highest BCUT2D eigenvalue weighted by atomic mass is 32.1. The molecule has 2 N–H and O–H groups in total. The number of carbonyl (C=O) groups excluding carboxylic acids is 1. The average molecular weight is 276 g/mol. The number of likely N-dealkylation sites (tertiary alicyclic amines) is 1. The summed E-state index contributed by atoms with van der Waals surface area (Å²) < 4.78 is 0. The molecule has 0 saturated carbocycles. The SMILES string of the molecule is NCC#Cc1cc(C(=O)N2CCCCCCC2)cs1. The summed E-state index contributed by atoms with van der Waals surface area (Å²) in [4.78, 5) is 15.3. The summed E-state index contributed by atoms with van der Waals surface area (Å²) in [5.74, 6) is 5.95. The molecule has 1 saturated heterocycles. The van der Waals surface area contributed by atoms with Gasteiger partial charge in [0.15, 0.2) is 0 Å². The van der Waals surface area contributed by atoms with Crippen LogP contribution in [-0.2, 0) is 0 Å².